The third-order valence-electron chi connectivity index (χ3n) is 7.36. The molecule has 1 N–H and O–H groups in total. The number of phenols is 1. The average molecular weight is 435 g/mol. The zero-order valence-corrected chi connectivity index (χ0v) is 18.6. The summed E-state index contributed by atoms with van der Waals surface area (Å²) in [6.45, 7) is 4.81. The Hall–Kier alpha value is -3.16. The lowest BCUT2D eigenvalue weighted by atomic mass is 9.68. The van der Waals surface area contributed by atoms with Crippen LogP contribution in [0.5, 0.6) is 5.75 Å². The van der Waals surface area contributed by atoms with Gasteiger partial charge in [-0.25, -0.2) is 4.39 Å². The molecule has 1 aromatic carbocycles. The first kappa shape index (κ1) is 20.7. The highest BCUT2D eigenvalue weighted by molar-refractivity contribution is 5.74. The van der Waals surface area contributed by atoms with Crippen LogP contribution in [-0.2, 0) is 0 Å². The van der Waals surface area contributed by atoms with E-state index in [-0.39, 0.29) is 17.0 Å². The Kier molecular flexibility index (Phi) is 4.83. The highest BCUT2D eigenvalue weighted by Gasteiger charge is 2.50. The second-order valence-corrected chi connectivity index (χ2v) is 10.1. The summed E-state index contributed by atoms with van der Waals surface area (Å²) in [5, 5.41) is 30.0. The fourth-order valence-corrected chi connectivity index (χ4v) is 5.88. The number of hydrogen-bond donors (Lipinski definition) is 1. The maximum absolute atomic E-state index is 14.9. The number of aromatic hydroxyl groups is 1. The molecule has 0 amide bonds. The molecule has 2 bridgehead atoms. The first-order valence-corrected chi connectivity index (χ1v) is 11.0. The second-order valence-electron chi connectivity index (χ2n) is 10.1. The van der Waals surface area contributed by atoms with Gasteiger partial charge in [0.2, 0.25) is 0 Å². The van der Waals surface area contributed by atoms with Crippen LogP contribution in [-0.4, -0.2) is 43.8 Å². The number of aromatic nitrogens is 5. The molecule has 0 aliphatic heterocycles. The third kappa shape index (κ3) is 3.67. The van der Waals surface area contributed by atoms with E-state index >= 15 is 0 Å². The molecule has 0 radical (unpaired) electrons. The minimum absolute atomic E-state index is 0.0289. The molecule has 2 aliphatic carbocycles. The summed E-state index contributed by atoms with van der Waals surface area (Å²) in [4.78, 5) is 2.21. The predicted molar refractivity (Wildman–Crippen MR) is 119 cm³/mol. The number of phenolic OH excluding ortho intramolecular Hbond substituents is 1. The number of anilines is 1. The maximum atomic E-state index is 14.9. The van der Waals surface area contributed by atoms with E-state index in [0.717, 1.165) is 18.7 Å². The summed E-state index contributed by atoms with van der Waals surface area (Å²) in [6, 6.07) is 6.78. The monoisotopic (exact) mass is 434 g/mol. The highest BCUT2D eigenvalue weighted by Crippen LogP contribution is 2.58. The van der Waals surface area contributed by atoms with Crippen LogP contribution >= 0.6 is 0 Å². The molecule has 2 heterocycles. The van der Waals surface area contributed by atoms with Crippen molar-refractivity contribution >= 4 is 5.82 Å². The quantitative estimate of drug-likeness (QED) is 0.640. The molecule has 166 valence electrons. The number of hydrogen-bond acceptors (Lipinski definition) is 7. The van der Waals surface area contributed by atoms with Gasteiger partial charge in [-0.3, -0.25) is 0 Å². The molecular formula is C24H27FN6O. The maximum Gasteiger partial charge on any atom is 0.151 e. The van der Waals surface area contributed by atoms with Crippen LogP contribution in [0.4, 0.5) is 10.2 Å². The zero-order chi connectivity index (χ0) is 22.5. The van der Waals surface area contributed by atoms with E-state index in [1.807, 2.05) is 6.07 Å². The number of halogens is 1. The van der Waals surface area contributed by atoms with Gasteiger partial charge in [-0.15, -0.1) is 20.4 Å². The fraction of sp³-hybridized carbons (Fsp3) is 0.458. The Morgan fingerprint density at radius 2 is 1.69 bits per heavy atom. The normalized spacial score (nSPS) is 26.8. The van der Waals surface area contributed by atoms with E-state index < -0.39 is 5.82 Å². The van der Waals surface area contributed by atoms with Gasteiger partial charge in [-0.2, -0.15) is 0 Å². The van der Waals surface area contributed by atoms with Crippen molar-refractivity contribution in [3.8, 4) is 28.1 Å². The number of benzene rings is 1. The van der Waals surface area contributed by atoms with Gasteiger partial charge in [0.25, 0.3) is 0 Å². The molecule has 2 aliphatic rings. The fourth-order valence-electron chi connectivity index (χ4n) is 5.88. The molecule has 8 heteroatoms. The van der Waals surface area contributed by atoms with Crippen LogP contribution in [0, 0.1) is 16.6 Å². The Bertz CT molecular complexity index is 1100. The van der Waals surface area contributed by atoms with Gasteiger partial charge in [-0.1, -0.05) is 13.8 Å². The standard InChI is InChI=1S/C24H27FN6O/c1-23-6-7-24(2,14-23)11-17(10-23)31(3)21-5-4-19(28-29-21)22-18(25)8-15(9-20(22)32)16-12-26-30-27-13-16/h4-5,8-9,12-13,17,32H,6-7,10-11,14H2,1-3H3/t17-,23-,24+. The van der Waals surface area contributed by atoms with Crippen molar-refractivity contribution in [2.24, 2.45) is 10.8 Å². The molecule has 5 rings (SSSR count). The highest BCUT2D eigenvalue weighted by atomic mass is 19.1. The van der Waals surface area contributed by atoms with Crippen LogP contribution in [0.1, 0.15) is 46.0 Å². The van der Waals surface area contributed by atoms with Crippen LogP contribution < -0.4 is 4.90 Å². The number of rotatable bonds is 4. The van der Waals surface area contributed by atoms with E-state index in [2.05, 4.69) is 51.4 Å². The predicted octanol–water partition coefficient (Wildman–Crippen LogP) is 4.64. The topological polar surface area (TPSA) is 87.9 Å². The van der Waals surface area contributed by atoms with Crippen molar-refractivity contribution < 1.29 is 9.50 Å². The Morgan fingerprint density at radius 1 is 1.00 bits per heavy atom. The molecule has 0 spiro atoms. The van der Waals surface area contributed by atoms with Crippen LogP contribution in [0.25, 0.3) is 22.4 Å². The Morgan fingerprint density at radius 3 is 2.28 bits per heavy atom. The number of nitrogens with zero attached hydrogens (tertiary/aromatic N) is 6. The van der Waals surface area contributed by atoms with Crippen LogP contribution in [0.3, 0.4) is 0 Å². The first-order chi connectivity index (χ1) is 15.3. The van der Waals surface area contributed by atoms with E-state index in [1.54, 1.807) is 6.07 Å². The van der Waals surface area contributed by atoms with Gasteiger partial charge in [0.15, 0.2) is 5.82 Å². The SMILES string of the molecule is CN(c1ccc(-c2c(O)cc(-c3cnnnc3)cc2F)nn1)[C@H]1C[C@]2(C)CC[C@](C)(C1)C2. The molecule has 3 atom stereocenters. The van der Waals surface area contributed by atoms with Gasteiger partial charge in [0.05, 0.1) is 23.7 Å². The van der Waals surface area contributed by atoms with E-state index in [1.165, 1.54) is 43.8 Å². The van der Waals surface area contributed by atoms with Gasteiger partial charge < -0.3 is 10.0 Å². The van der Waals surface area contributed by atoms with Crippen LogP contribution in [0.2, 0.25) is 0 Å². The molecule has 0 unspecified atom stereocenters. The molecule has 32 heavy (non-hydrogen) atoms. The van der Waals surface area contributed by atoms with E-state index in [9.17, 15) is 9.50 Å². The van der Waals surface area contributed by atoms with E-state index in [4.69, 9.17) is 0 Å². The Labute approximate surface area is 186 Å². The molecule has 0 saturated heterocycles. The second kappa shape index (κ2) is 7.46. The van der Waals surface area contributed by atoms with Crippen molar-refractivity contribution in [3.63, 3.8) is 0 Å². The summed E-state index contributed by atoms with van der Waals surface area (Å²) in [6.07, 6.45) is 9.11. The molecular weight excluding hydrogens is 407 g/mol. The average Bonchev–Trinajstić information content (AvgIpc) is 3.00. The largest absolute Gasteiger partial charge is 0.507 e. The lowest BCUT2D eigenvalue weighted by molar-refractivity contribution is 0.148. The van der Waals surface area contributed by atoms with Crippen molar-refractivity contribution in [1.82, 2.24) is 25.6 Å². The minimum Gasteiger partial charge on any atom is -0.507 e. The summed E-state index contributed by atoms with van der Waals surface area (Å²) >= 11 is 0. The zero-order valence-electron chi connectivity index (χ0n) is 18.6. The molecule has 2 saturated carbocycles. The summed E-state index contributed by atoms with van der Waals surface area (Å²) in [7, 11) is 2.06. The molecule has 3 aromatic rings. The lowest BCUT2D eigenvalue weighted by Gasteiger charge is -2.44. The summed E-state index contributed by atoms with van der Waals surface area (Å²) in [5.74, 6) is -0.0356. The van der Waals surface area contributed by atoms with Gasteiger partial charge >= 0.3 is 0 Å². The van der Waals surface area contributed by atoms with Gasteiger partial charge in [-0.05, 0) is 78.0 Å². The van der Waals surface area contributed by atoms with Crippen molar-refractivity contribution in [1.29, 1.82) is 0 Å². The summed E-state index contributed by atoms with van der Waals surface area (Å²) in [5.41, 5.74) is 2.14. The molecule has 2 fully saturated rings. The van der Waals surface area contributed by atoms with E-state index in [0.29, 0.717) is 28.0 Å². The minimum atomic E-state index is -0.586. The number of fused-ring (bicyclic) bond motifs is 2. The van der Waals surface area contributed by atoms with Crippen molar-refractivity contribution in [3.05, 3.63) is 42.5 Å². The first-order valence-electron chi connectivity index (χ1n) is 11.0. The lowest BCUT2D eigenvalue weighted by Crippen LogP contribution is -2.42. The molecule has 2 aromatic heterocycles. The van der Waals surface area contributed by atoms with Crippen LogP contribution in [0.15, 0.2) is 36.7 Å². The van der Waals surface area contributed by atoms with Crippen molar-refractivity contribution in [2.75, 3.05) is 11.9 Å². The summed E-state index contributed by atoms with van der Waals surface area (Å²) < 4.78 is 14.9. The van der Waals surface area contributed by atoms with Gasteiger partial charge in [0.1, 0.15) is 11.6 Å². The van der Waals surface area contributed by atoms with Gasteiger partial charge in [0, 0.05) is 18.7 Å². The van der Waals surface area contributed by atoms with Crippen molar-refractivity contribution in [2.45, 2.75) is 52.0 Å². The smallest absolute Gasteiger partial charge is 0.151 e. The third-order valence-corrected chi connectivity index (χ3v) is 7.36. The molecule has 7 nitrogen and oxygen atoms in total. The Balaban J connectivity index is 1.39.